The number of hydrogen-bond acceptors (Lipinski definition) is 3. The highest BCUT2D eigenvalue weighted by Crippen LogP contribution is 2.07. The van der Waals surface area contributed by atoms with Crippen molar-refractivity contribution in [1.82, 2.24) is 19.9 Å². The summed E-state index contributed by atoms with van der Waals surface area (Å²) in [5.74, 6) is 1.30. The summed E-state index contributed by atoms with van der Waals surface area (Å²) in [5, 5.41) is 3.04. The smallest absolute Gasteiger partial charge is 0.188 e. The summed E-state index contributed by atoms with van der Waals surface area (Å²) in [6, 6.07) is 3.90. The van der Waals surface area contributed by atoms with Crippen molar-refractivity contribution in [2.24, 2.45) is 10.7 Å². The zero-order valence-electron chi connectivity index (χ0n) is 11.0. The molecule has 0 fully saturated rings. The van der Waals surface area contributed by atoms with Crippen LogP contribution in [0.15, 0.2) is 42.0 Å². The number of aliphatic imine (C=N–C) groups is 1. The molecular formula is C13H18N6. The Hall–Kier alpha value is -2.37. The Bertz CT molecular complexity index is 532. The maximum atomic E-state index is 5.75. The number of nitrogens with one attached hydrogen (secondary N) is 1. The molecule has 6 nitrogen and oxygen atoms in total. The highest BCUT2D eigenvalue weighted by atomic mass is 15.1. The van der Waals surface area contributed by atoms with E-state index in [9.17, 15) is 0 Å². The Balaban J connectivity index is 2.03. The van der Waals surface area contributed by atoms with Crippen molar-refractivity contribution in [3.8, 4) is 5.82 Å². The van der Waals surface area contributed by atoms with Crippen molar-refractivity contribution in [3.63, 3.8) is 0 Å². The summed E-state index contributed by atoms with van der Waals surface area (Å²) in [5.41, 5.74) is 6.80. The molecule has 0 atom stereocenters. The van der Waals surface area contributed by atoms with Crippen LogP contribution in [-0.4, -0.2) is 27.0 Å². The van der Waals surface area contributed by atoms with Crippen LogP contribution in [0.5, 0.6) is 0 Å². The molecule has 0 aliphatic heterocycles. The molecule has 0 unspecified atom stereocenters. The molecule has 2 aromatic rings. The SMILES string of the molecule is CCCNC(N)=NCc1ccnc(-n2ccnc2)c1. The van der Waals surface area contributed by atoms with Crippen molar-refractivity contribution >= 4 is 5.96 Å². The van der Waals surface area contributed by atoms with Gasteiger partial charge in [-0.3, -0.25) is 4.57 Å². The third-order valence-electron chi connectivity index (χ3n) is 2.57. The van der Waals surface area contributed by atoms with E-state index in [1.54, 1.807) is 18.7 Å². The number of pyridine rings is 1. The first kappa shape index (κ1) is 13.1. The Kier molecular flexibility index (Phi) is 4.49. The highest BCUT2D eigenvalue weighted by Gasteiger charge is 1.99. The van der Waals surface area contributed by atoms with E-state index >= 15 is 0 Å². The second kappa shape index (κ2) is 6.53. The monoisotopic (exact) mass is 258 g/mol. The van der Waals surface area contributed by atoms with Gasteiger partial charge in [-0.25, -0.2) is 15.0 Å². The lowest BCUT2D eigenvalue weighted by atomic mass is 10.2. The quantitative estimate of drug-likeness (QED) is 0.621. The molecule has 100 valence electrons. The minimum absolute atomic E-state index is 0.475. The number of hydrogen-bond donors (Lipinski definition) is 2. The molecule has 2 heterocycles. The third-order valence-corrected chi connectivity index (χ3v) is 2.57. The molecule has 0 saturated heterocycles. The molecule has 3 N–H and O–H groups in total. The molecule has 0 aromatic carbocycles. The number of nitrogens with two attached hydrogens (primary N) is 1. The second-order valence-electron chi connectivity index (χ2n) is 4.12. The van der Waals surface area contributed by atoms with Gasteiger partial charge >= 0.3 is 0 Å². The Morgan fingerprint density at radius 1 is 1.47 bits per heavy atom. The molecule has 0 spiro atoms. The molecule has 0 amide bonds. The number of imidazole rings is 1. The predicted molar refractivity (Wildman–Crippen MR) is 75.0 cm³/mol. The van der Waals surface area contributed by atoms with E-state index in [4.69, 9.17) is 5.73 Å². The van der Waals surface area contributed by atoms with Crippen LogP contribution >= 0.6 is 0 Å². The lowest BCUT2D eigenvalue weighted by Crippen LogP contribution is -2.32. The average Bonchev–Trinajstić information content (AvgIpc) is 2.97. The normalized spacial score (nSPS) is 11.5. The first-order valence-corrected chi connectivity index (χ1v) is 6.26. The zero-order chi connectivity index (χ0) is 13.5. The van der Waals surface area contributed by atoms with Crippen LogP contribution in [0.2, 0.25) is 0 Å². The molecule has 0 saturated carbocycles. The Morgan fingerprint density at radius 3 is 3.11 bits per heavy atom. The van der Waals surface area contributed by atoms with Crippen LogP contribution in [-0.2, 0) is 6.54 Å². The first-order valence-electron chi connectivity index (χ1n) is 6.26. The number of nitrogens with zero attached hydrogens (tertiary/aromatic N) is 4. The minimum atomic E-state index is 0.475. The fourth-order valence-corrected chi connectivity index (χ4v) is 1.58. The summed E-state index contributed by atoms with van der Waals surface area (Å²) in [6.07, 6.45) is 8.07. The molecule has 2 rings (SSSR count). The summed E-state index contributed by atoms with van der Waals surface area (Å²) in [7, 11) is 0. The Labute approximate surface area is 112 Å². The van der Waals surface area contributed by atoms with Gasteiger partial charge < -0.3 is 11.1 Å². The van der Waals surface area contributed by atoms with Crippen LogP contribution < -0.4 is 11.1 Å². The highest BCUT2D eigenvalue weighted by molar-refractivity contribution is 5.77. The molecule has 19 heavy (non-hydrogen) atoms. The van der Waals surface area contributed by atoms with Gasteiger partial charge in [-0.2, -0.15) is 0 Å². The zero-order valence-corrected chi connectivity index (χ0v) is 11.0. The van der Waals surface area contributed by atoms with Crippen LogP contribution in [0.3, 0.4) is 0 Å². The second-order valence-corrected chi connectivity index (χ2v) is 4.12. The maximum absolute atomic E-state index is 5.75. The van der Waals surface area contributed by atoms with E-state index in [2.05, 4.69) is 27.2 Å². The van der Waals surface area contributed by atoms with Crippen molar-refractivity contribution in [2.45, 2.75) is 19.9 Å². The molecular weight excluding hydrogens is 240 g/mol. The van der Waals surface area contributed by atoms with Crippen LogP contribution in [0.1, 0.15) is 18.9 Å². The summed E-state index contributed by atoms with van der Waals surface area (Å²) in [4.78, 5) is 12.6. The lowest BCUT2D eigenvalue weighted by molar-refractivity contribution is 0.825. The fraction of sp³-hybridized carbons (Fsp3) is 0.308. The third kappa shape index (κ3) is 3.80. The molecule has 6 heteroatoms. The number of guanidine groups is 1. The first-order chi connectivity index (χ1) is 9.29. The minimum Gasteiger partial charge on any atom is -0.370 e. The van der Waals surface area contributed by atoms with Gasteiger partial charge in [0.15, 0.2) is 5.96 Å². The van der Waals surface area contributed by atoms with E-state index in [1.807, 2.05) is 22.9 Å². The van der Waals surface area contributed by atoms with Gasteiger partial charge in [0.2, 0.25) is 0 Å². The molecule has 0 aliphatic rings. The summed E-state index contributed by atoms with van der Waals surface area (Å²) in [6.45, 7) is 3.46. The van der Waals surface area contributed by atoms with Crippen molar-refractivity contribution in [2.75, 3.05) is 6.54 Å². The van der Waals surface area contributed by atoms with Gasteiger partial charge in [0, 0.05) is 25.1 Å². The fourth-order valence-electron chi connectivity index (χ4n) is 1.58. The van der Waals surface area contributed by atoms with E-state index in [-0.39, 0.29) is 0 Å². The van der Waals surface area contributed by atoms with E-state index in [0.29, 0.717) is 12.5 Å². The number of rotatable bonds is 5. The lowest BCUT2D eigenvalue weighted by Gasteiger charge is -2.05. The van der Waals surface area contributed by atoms with Crippen LogP contribution in [0, 0.1) is 0 Å². The largest absolute Gasteiger partial charge is 0.370 e. The van der Waals surface area contributed by atoms with E-state index in [0.717, 1.165) is 24.3 Å². The predicted octanol–water partition coefficient (Wildman–Crippen LogP) is 1.08. The number of aromatic nitrogens is 3. The van der Waals surface area contributed by atoms with Crippen LogP contribution in [0.25, 0.3) is 5.82 Å². The van der Waals surface area contributed by atoms with Crippen LogP contribution in [0.4, 0.5) is 0 Å². The summed E-state index contributed by atoms with van der Waals surface area (Å²) < 4.78 is 1.85. The van der Waals surface area contributed by atoms with Gasteiger partial charge in [-0.05, 0) is 24.1 Å². The van der Waals surface area contributed by atoms with Gasteiger partial charge in [0.05, 0.1) is 6.54 Å². The molecule has 0 radical (unpaired) electrons. The van der Waals surface area contributed by atoms with Gasteiger partial charge in [0.25, 0.3) is 0 Å². The molecule has 0 aliphatic carbocycles. The standard InChI is InChI=1S/C13H18N6/c1-2-4-17-13(14)18-9-11-3-5-16-12(8-11)19-7-6-15-10-19/h3,5-8,10H,2,4,9H2,1H3,(H3,14,17,18). The van der Waals surface area contributed by atoms with E-state index in [1.165, 1.54) is 0 Å². The van der Waals surface area contributed by atoms with Crippen molar-refractivity contribution in [1.29, 1.82) is 0 Å². The topological polar surface area (TPSA) is 81.1 Å². The van der Waals surface area contributed by atoms with Crippen molar-refractivity contribution < 1.29 is 0 Å². The van der Waals surface area contributed by atoms with Gasteiger partial charge in [0.1, 0.15) is 12.1 Å². The molecule has 0 bridgehead atoms. The average molecular weight is 258 g/mol. The van der Waals surface area contributed by atoms with Crippen molar-refractivity contribution in [3.05, 3.63) is 42.6 Å². The Morgan fingerprint density at radius 2 is 2.37 bits per heavy atom. The van der Waals surface area contributed by atoms with E-state index < -0.39 is 0 Å². The molecule has 2 aromatic heterocycles. The maximum Gasteiger partial charge on any atom is 0.188 e. The summed E-state index contributed by atoms with van der Waals surface area (Å²) >= 11 is 0. The van der Waals surface area contributed by atoms with Gasteiger partial charge in [-0.15, -0.1) is 0 Å². The van der Waals surface area contributed by atoms with Gasteiger partial charge in [-0.1, -0.05) is 6.92 Å².